The number of thioether (sulfide) groups is 1. The topological polar surface area (TPSA) is 59.3 Å². The molecule has 1 aliphatic rings. The molecule has 0 spiro atoms. The van der Waals surface area contributed by atoms with Crippen molar-refractivity contribution < 1.29 is 4.79 Å². The molecule has 2 aromatic rings. The van der Waals surface area contributed by atoms with Gasteiger partial charge in [-0.1, -0.05) is 6.08 Å². The molecule has 1 aliphatic heterocycles. The summed E-state index contributed by atoms with van der Waals surface area (Å²) in [6.07, 6.45) is 5.54. The van der Waals surface area contributed by atoms with Gasteiger partial charge in [0.2, 0.25) is 0 Å². The predicted molar refractivity (Wildman–Crippen MR) is 76.6 cm³/mol. The molecule has 2 aromatic heterocycles. The first-order valence-electron chi connectivity index (χ1n) is 6.08. The van der Waals surface area contributed by atoms with Gasteiger partial charge in [0.1, 0.15) is 5.82 Å². The molecule has 3 heterocycles. The minimum absolute atomic E-state index is 0.325. The summed E-state index contributed by atoms with van der Waals surface area (Å²) in [6.45, 7) is 2.11. The monoisotopic (exact) mass is 274 g/mol. The maximum atomic E-state index is 11.0. The highest BCUT2D eigenvalue weighted by Gasteiger charge is 2.21. The first kappa shape index (κ1) is 12.2. The Labute approximate surface area is 115 Å². The number of aromatic nitrogens is 3. The Morgan fingerprint density at radius 3 is 3.05 bits per heavy atom. The van der Waals surface area contributed by atoms with Gasteiger partial charge in [-0.05, 0) is 18.2 Å². The average Bonchev–Trinajstić information content (AvgIpc) is 3.03. The standard InChI is InChI=1S/C13H14N4OS/c1-8-3-4-11(19-8)10-5-12(14-2)17-13(16-10)9(7-18)6-15-17/h3,5-7,11,14H,4H2,1-2H3. The molecule has 98 valence electrons. The van der Waals surface area contributed by atoms with Crippen LogP contribution in [0, 0.1) is 0 Å². The quantitative estimate of drug-likeness (QED) is 0.872. The van der Waals surface area contributed by atoms with Gasteiger partial charge in [-0.25, -0.2) is 4.98 Å². The van der Waals surface area contributed by atoms with Crippen molar-refractivity contribution in [1.29, 1.82) is 0 Å². The SMILES string of the molecule is CNc1cc(C2CC=C(C)S2)nc2c(C=O)cnn12. The van der Waals surface area contributed by atoms with Gasteiger partial charge in [-0.3, -0.25) is 4.79 Å². The predicted octanol–water partition coefficient (Wildman–Crippen LogP) is 2.67. The Hall–Kier alpha value is -1.82. The fraction of sp³-hybridized carbons (Fsp3) is 0.308. The highest BCUT2D eigenvalue weighted by molar-refractivity contribution is 8.03. The number of nitrogens with one attached hydrogen (secondary N) is 1. The maximum absolute atomic E-state index is 11.0. The molecular formula is C13H14N4OS. The molecule has 0 radical (unpaired) electrons. The van der Waals surface area contributed by atoms with Crippen LogP contribution in [0.15, 0.2) is 23.2 Å². The van der Waals surface area contributed by atoms with Gasteiger partial charge in [0.05, 0.1) is 22.7 Å². The van der Waals surface area contributed by atoms with Crippen molar-refractivity contribution >= 4 is 29.5 Å². The number of hydrogen-bond acceptors (Lipinski definition) is 5. The summed E-state index contributed by atoms with van der Waals surface area (Å²) in [5.41, 5.74) is 2.12. The van der Waals surface area contributed by atoms with Crippen molar-refractivity contribution in [2.45, 2.75) is 18.6 Å². The smallest absolute Gasteiger partial charge is 0.168 e. The lowest BCUT2D eigenvalue weighted by Crippen LogP contribution is -2.05. The van der Waals surface area contributed by atoms with Crippen molar-refractivity contribution in [2.75, 3.05) is 12.4 Å². The van der Waals surface area contributed by atoms with Gasteiger partial charge in [-0.2, -0.15) is 9.61 Å². The summed E-state index contributed by atoms with van der Waals surface area (Å²) in [5.74, 6) is 0.846. The van der Waals surface area contributed by atoms with Crippen molar-refractivity contribution in [3.05, 3.63) is 34.5 Å². The van der Waals surface area contributed by atoms with Crippen LogP contribution in [-0.2, 0) is 0 Å². The van der Waals surface area contributed by atoms with Crippen molar-refractivity contribution in [3.63, 3.8) is 0 Å². The zero-order chi connectivity index (χ0) is 13.4. The Balaban J connectivity index is 2.13. The van der Waals surface area contributed by atoms with E-state index in [0.29, 0.717) is 16.5 Å². The van der Waals surface area contributed by atoms with Crippen LogP contribution in [0.1, 0.15) is 34.6 Å². The van der Waals surface area contributed by atoms with E-state index in [0.717, 1.165) is 24.2 Å². The molecule has 0 bridgehead atoms. The number of fused-ring (bicyclic) bond motifs is 1. The largest absolute Gasteiger partial charge is 0.373 e. The van der Waals surface area contributed by atoms with Gasteiger partial charge in [0.25, 0.3) is 0 Å². The molecule has 1 unspecified atom stereocenters. The molecule has 19 heavy (non-hydrogen) atoms. The summed E-state index contributed by atoms with van der Waals surface area (Å²) in [4.78, 5) is 17.0. The number of rotatable bonds is 3. The molecule has 0 aliphatic carbocycles. The molecule has 0 fully saturated rings. The third kappa shape index (κ3) is 2.02. The van der Waals surface area contributed by atoms with Crippen LogP contribution in [0.5, 0.6) is 0 Å². The summed E-state index contributed by atoms with van der Waals surface area (Å²) in [6, 6.07) is 2.00. The van der Waals surface area contributed by atoms with Crippen molar-refractivity contribution in [1.82, 2.24) is 14.6 Å². The normalized spacial score (nSPS) is 18.6. The summed E-state index contributed by atoms with van der Waals surface area (Å²) in [7, 11) is 1.84. The zero-order valence-corrected chi connectivity index (χ0v) is 11.6. The lowest BCUT2D eigenvalue weighted by molar-refractivity contribution is 0.112. The van der Waals surface area contributed by atoms with E-state index in [-0.39, 0.29) is 0 Å². The molecule has 0 saturated heterocycles. The lowest BCUT2D eigenvalue weighted by atomic mass is 10.2. The average molecular weight is 274 g/mol. The van der Waals surface area contributed by atoms with Gasteiger partial charge in [0.15, 0.2) is 11.9 Å². The second-order valence-electron chi connectivity index (χ2n) is 4.43. The van der Waals surface area contributed by atoms with E-state index in [2.05, 4.69) is 28.4 Å². The number of hydrogen-bond donors (Lipinski definition) is 1. The summed E-state index contributed by atoms with van der Waals surface area (Å²) >= 11 is 1.82. The van der Waals surface area contributed by atoms with Crippen LogP contribution >= 0.6 is 11.8 Å². The van der Waals surface area contributed by atoms with Gasteiger partial charge in [0, 0.05) is 13.1 Å². The maximum Gasteiger partial charge on any atom is 0.168 e. The first-order chi connectivity index (χ1) is 9.22. The fourth-order valence-corrected chi connectivity index (χ4v) is 3.27. The van der Waals surface area contributed by atoms with E-state index in [9.17, 15) is 4.79 Å². The highest BCUT2D eigenvalue weighted by atomic mass is 32.2. The molecule has 5 nitrogen and oxygen atoms in total. The molecule has 0 saturated carbocycles. The van der Waals surface area contributed by atoms with Crippen LogP contribution in [-0.4, -0.2) is 27.9 Å². The lowest BCUT2D eigenvalue weighted by Gasteiger charge is -2.12. The third-order valence-electron chi connectivity index (χ3n) is 3.18. The molecule has 0 amide bonds. The Bertz CT molecular complexity index is 677. The number of aldehydes is 1. The Kier molecular flexibility index (Phi) is 3.02. The van der Waals surface area contributed by atoms with E-state index in [1.54, 1.807) is 10.7 Å². The Morgan fingerprint density at radius 1 is 1.58 bits per heavy atom. The molecule has 6 heteroatoms. The minimum atomic E-state index is 0.325. The zero-order valence-electron chi connectivity index (χ0n) is 10.8. The van der Waals surface area contributed by atoms with E-state index in [4.69, 9.17) is 0 Å². The number of carbonyl (C=O) groups is 1. The van der Waals surface area contributed by atoms with Crippen LogP contribution in [0.3, 0.4) is 0 Å². The Morgan fingerprint density at radius 2 is 2.42 bits per heavy atom. The number of carbonyl (C=O) groups excluding carboxylic acids is 1. The third-order valence-corrected chi connectivity index (χ3v) is 4.44. The van der Waals surface area contributed by atoms with E-state index < -0.39 is 0 Å². The number of anilines is 1. The van der Waals surface area contributed by atoms with E-state index >= 15 is 0 Å². The second-order valence-corrected chi connectivity index (χ2v) is 5.88. The summed E-state index contributed by atoms with van der Waals surface area (Å²) in [5, 5.41) is 7.61. The summed E-state index contributed by atoms with van der Waals surface area (Å²) < 4.78 is 1.66. The van der Waals surface area contributed by atoms with Gasteiger partial charge in [-0.15, -0.1) is 11.8 Å². The molecule has 0 aromatic carbocycles. The van der Waals surface area contributed by atoms with Crippen molar-refractivity contribution in [3.8, 4) is 0 Å². The number of allylic oxidation sites excluding steroid dienone is 2. The van der Waals surface area contributed by atoms with E-state index in [1.165, 1.54) is 4.91 Å². The fourth-order valence-electron chi connectivity index (χ4n) is 2.20. The highest BCUT2D eigenvalue weighted by Crippen LogP contribution is 2.43. The molecule has 1 atom stereocenters. The van der Waals surface area contributed by atoms with Crippen LogP contribution in [0.4, 0.5) is 5.82 Å². The molecular weight excluding hydrogens is 260 g/mol. The van der Waals surface area contributed by atoms with Crippen molar-refractivity contribution in [2.24, 2.45) is 0 Å². The number of nitrogens with zero attached hydrogens (tertiary/aromatic N) is 3. The first-order valence-corrected chi connectivity index (χ1v) is 6.96. The van der Waals surface area contributed by atoms with E-state index in [1.807, 2.05) is 24.9 Å². The van der Waals surface area contributed by atoms with Crippen LogP contribution in [0.25, 0.3) is 5.65 Å². The minimum Gasteiger partial charge on any atom is -0.373 e. The van der Waals surface area contributed by atoms with Crippen LogP contribution in [0.2, 0.25) is 0 Å². The van der Waals surface area contributed by atoms with Gasteiger partial charge >= 0.3 is 0 Å². The van der Waals surface area contributed by atoms with Gasteiger partial charge < -0.3 is 5.32 Å². The molecule has 1 N–H and O–H groups in total. The molecule has 3 rings (SSSR count). The van der Waals surface area contributed by atoms with Crippen LogP contribution < -0.4 is 5.32 Å². The second kappa shape index (κ2) is 4.70.